The SMILES string of the molecule is CCN(CC)C(=O)[C@@]1(C2/C=C\C=C/C#CC2)C[C@H]1CN. The number of amides is 1. The van der Waals surface area contributed by atoms with Crippen LogP contribution < -0.4 is 5.73 Å². The van der Waals surface area contributed by atoms with Crippen LogP contribution in [-0.4, -0.2) is 30.4 Å². The highest BCUT2D eigenvalue weighted by Gasteiger charge is 2.63. The van der Waals surface area contributed by atoms with Gasteiger partial charge in [0.25, 0.3) is 0 Å². The summed E-state index contributed by atoms with van der Waals surface area (Å²) in [6, 6.07) is 0. The lowest BCUT2D eigenvalue weighted by Gasteiger charge is -2.30. The molecule has 1 fully saturated rings. The molecular weight excluding hydrogens is 248 g/mol. The van der Waals surface area contributed by atoms with Gasteiger partial charge in [-0.15, -0.1) is 0 Å². The largest absolute Gasteiger partial charge is 0.343 e. The van der Waals surface area contributed by atoms with Gasteiger partial charge >= 0.3 is 0 Å². The average Bonchev–Trinajstić information content (AvgIpc) is 3.15. The predicted octanol–water partition coefficient (Wildman–Crippen LogP) is 1.96. The second-order valence-electron chi connectivity index (χ2n) is 5.53. The first-order chi connectivity index (χ1) is 9.70. The Hall–Kier alpha value is -1.53. The van der Waals surface area contributed by atoms with Gasteiger partial charge in [0.2, 0.25) is 5.91 Å². The maximum atomic E-state index is 12.9. The van der Waals surface area contributed by atoms with Crippen molar-refractivity contribution in [3.8, 4) is 11.8 Å². The molecule has 0 saturated heterocycles. The van der Waals surface area contributed by atoms with Crippen molar-refractivity contribution >= 4 is 5.91 Å². The molecule has 108 valence electrons. The molecule has 0 radical (unpaired) electrons. The highest BCUT2D eigenvalue weighted by Crippen LogP contribution is 2.59. The second kappa shape index (κ2) is 6.28. The zero-order valence-electron chi connectivity index (χ0n) is 12.4. The van der Waals surface area contributed by atoms with Gasteiger partial charge in [-0.3, -0.25) is 4.79 Å². The summed E-state index contributed by atoms with van der Waals surface area (Å²) in [4.78, 5) is 14.9. The Kier molecular flexibility index (Phi) is 4.67. The van der Waals surface area contributed by atoms with Crippen LogP contribution in [0.15, 0.2) is 24.3 Å². The normalized spacial score (nSPS) is 34.1. The average molecular weight is 272 g/mol. The molecule has 2 N–H and O–H groups in total. The van der Waals surface area contributed by atoms with Crippen LogP contribution in [0, 0.1) is 29.1 Å². The molecule has 2 rings (SSSR count). The molecule has 3 nitrogen and oxygen atoms in total. The fourth-order valence-corrected chi connectivity index (χ4v) is 3.27. The lowest BCUT2D eigenvalue weighted by Crippen LogP contribution is -2.41. The van der Waals surface area contributed by atoms with Crippen molar-refractivity contribution in [2.24, 2.45) is 23.0 Å². The van der Waals surface area contributed by atoms with E-state index in [1.54, 1.807) is 0 Å². The van der Waals surface area contributed by atoms with Crippen molar-refractivity contribution in [3.05, 3.63) is 24.3 Å². The monoisotopic (exact) mass is 272 g/mol. The van der Waals surface area contributed by atoms with Gasteiger partial charge < -0.3 is 10.6 Å². The highest BCUT2D eigenvalue weighted by atomic mass is 16.2. The third-order valence-corrected chi connectivity index (χ3v) is 4.61. The number of nitrogens with two attached hydrogens (primary N) is 1. The molecule has 3 atom stereocenters. The first-order valence-electron chi connectivity index (χ1n) is 7.51. The number of nitrogens with zero attached hydrogens (tertiary/aromatic N) is 1. The Bertz CT molecular complexity index is 479. The van der Waals surface area contributed by atoms with Gasteiger partial charge in [0.15, 0.2) is 0 Å². The molecule has 1 unspecified atom stereocenters. The van der Waals surface area contributed by atoms with Gasteiger partial charge in [0.05, 0.1) is 5.41 Å². The summed E-state index contributed by atoms with van der Waals surface area (Å²) in [5.74, 6) is 6.91. The lowest BCUT2D eigenvalue weighted by atomic mass is 9.82. The van der Waals surface area contributed by atoms with Crippen LogP contribution in [0.25, 0.3) is 0 Å². The zero-order chi connectivity index (χ0) is 14.6. The lowest BCUT2D eigenvalue weighted by molar-refractivity contribution is -0.138. The Morgan fingerprint density at radius 2 is 2.15 bits per heavy atom. The fourth-order valence-electron chi connectivity index (χ4n) is 3.27. The third kappa shape index (κ3) is 2.53. The number of carbonyl (C=O) groups excluding carboxylic acids is 1. The number of allylic oxidation sites excluding steroid dienone is 4. The molecule has 0 aromatic heterocycles. The molecule has 3 heteroatoms. The van der Waals surface area contributed by atoms with E-state index in [2.05, 4.69) is 17.9 Å². The van der Waals surface area contributed by atoms with Crippen LogP contribution >= 0.6 is 0 Å². The van der Waals surface area contributed by atoms with Gasteiger partial charge in [-0.05, 0) is 38.8 Å². The van der Waals surface area contributed by atoms with Gasteiger partial charge in [0, 0.05) is 25.4 Å². The highest BCUT2D eigenvalue weighted by molar-refractivity contribution is 5.87. The van der Waals surface area contributed by atoms with Gasteiger partial charge in [0.1, 0.15) is 0 Å². The Morgan fingerprint density at radius 3 is 2.75 bits per heavy atom. The minimum atomic E-state index is -0.308. The summed E-state index contributed by atoms with van der Waals surface area (Å²) < 4.78 is 0. The minimum absolute atomic E-state index is 0.182. The zero-order valence-corrected chi connectivity index (χ0v) is 12.4. The van der Waals surface area contributed by atoms with E-state index < -0.39 is 0 Å². The van der Waals surface area contributed by atoms with E-state index in [1.807, 2.05) is 37.0 Å². The topological polar surface area (TPSA) is 46.3 Å². The minimum Gasteiger partial charge on any atom is -0.343 e. The van der Waals surface area contributed by atoms with Crippen LogP contribution in [-0.2, 0) is 4.79 Å². The van der Waals surface area contributed by atoms with E-state index in [9.17, 15) is 4.79 Å². The predicted molar refractivity (Wildman–Crippen MR) is 81.7 cm³/mol. The van der Waals surface area contributed by atoms with E-state index in [-0.39, 0.29) is 17.2 Å². The van der Waals surface area contributed by atoms with Crippen molar-refractivity contribution in [2.75, 3.05) is 19.6 Å². The molecule has 0 bridgehead atoms. The molecule has 0 heterocycles. The molecule has 1 amide bonds. The number of hydrogen-bond acceptors (Lipinski definition) is 2. The summed E-state index contributed by atoms with van der Waals surface area (Å²) in [7, 11) is 0. The molecule has 0 aliphatic heterocycles. The first kappa shape index (κ1) is 14.9. The molecule has 20 heavy (non-hydrogen) atoms. The molecule has 2 aliphatic rings. The maximum absolute atomic E-state index is 12.9. The van der Waals surface area contributed by atoms with E-state index >= 15 is 0 Å². The number of carbonyl (C=O) groups is 1. The summed E-state index contributed by atoms with van der Waals surface area (Å²) in [6.45, 7) is 6.17. The Labute approximate surface area is 121 Å². The van der Waals surface area contributed by atoms with Gasteiger partial charge in [-0.1, -0.05) is 30.1 Å². The molecule has 0 aromatic carbocycles. The van der Waals surface area contributed by atoms with Crippen molar-refractivity contribution in [3.63, 3.8) is 0 Å². The molecule has 0 spiro atoms. The van der Waals surface area contributed by atoms with Crippen LogP contribution in [0.2, 0.25) is 0 Å². The fraction of sp³-hybridized carbons (Fsp3) is 0.588. The Balaban J connectivity index is 2.27. The van der Waals surface area contributed by atoms with Gasteiger partial charge in [-0.2, -0.15) is 0 Å². The van der Waals surface area contributed by atoms with E-state index in [4.69, 9.17) is 5.73 Å². The summed E-state index contributed by atoms with van der Waals surface area (Å²) in [5, 5.41) is 0. The summed E-state index contributed by atoms with van der Waals surface area (Å²) >= 11 is 0. The summed E-state index contributed by atoms with van der Waals surface area (Å²) in [6.07, 6.45) is 9.58. The standard InChI is InChI=1S/C17H24N2O/c1-3-19(4-2)16(20)17(12-15(17)13-18)14-10-8-6-5-7-9-11-14/h5-6,8,10,14-15H,3-4,11-13,18H2,1-2H3/b6-5-,10-8-/t14?,15-,17+/m0/s1. The molecule has 2 aliphatic carbocycles. The van der Waals surface area contributed by atoms with E-state index in [0.717, 1.165) is 25.9 Å². The van der Waals surface area contributed by atoms with Crippen LogP contribution in [0.3, 0.4) is 0 Å². The second-order valence-corrected chi connectivity index (χ2v) is 5.53. The molecular formula is C17H24N2O. The van der Waals surface area contributed by atoms with Crippen molar-refractivity contribution in [1.29, 1.82) is 0 Å². The molecule has 0 aromatic rings. The van der Waals surface area contributed by atoms with Crippen LogP contribution in [0.5, 0.6) is 0 Å². The summed E-state index contributed by atoms with van der Waals surface area (Å²) in [5.41, 5.74) is 5.55. The van der Waals surface area contributed by atoms with E-state index in [1.165, 1.54) is 0 Å². The van der Waals surface area contributed by atoms with Crippen LogP contribution in [0.4, 0.5) is 0 Å². The van der Waals surface area contributed by atoms with Crippen molar-refractivity contribution < 1.29 is 4.79 Å². The number of rotatable bonds is 5. The van der Waals surface area contributed by atoms with E-state index in [0.29, 0.717) is 12.5 Å². The smallest absolute Gasteiger partial charge is 0.229 e. The Morgan fingerprint density at radius 1 is 1.40 bits per heavy atom. The first-order valence-corrected chi connectivity index (χ1v) is 7.51. The van der Waals surface area contributed by atoms with Crippen molar-refractivity contribution in [2.45, 2.75) is 26.7 Å². The quantitative estimate of drug-likeness (QED) is 0.778. The van der Waals surface area contributed by atoms with Crippen molar-refractivity contribution in [1.82, 2.24) is 4.90 Å². The van der Waals surface area contributed by atoms with Gasteiger partial charge in [-0.25, -0.2) is 0 Å². The third-order valence-electron chi connectivity index (χ3n) is 4.61. The maximum Gasteiger partial charge on any atom is 0.229 e. The van der Waals surface area contributed by atoms with Crippen LogP contribution in [0.1, 0.15) is 26.7 Å². The number of hydrogen-bond donors (Lipinski definition) is 1. The molecule has 1 saturated carbocycles.